The van der Waals surface area contributed by atoms with Crippen molar-refractivity contribution in [1.82, 2.24) is 5.32 Å². The molecule has 0 radical (unpaired) electrons. The highest BCUT2D eigenvalue weighted by atomic mass is 32.2. The molecule has 0 saturated carbocycles. The van der Waals surface area contributed by atoms with Gasteiger partial charge in [0.1, 0.15) is 6.04 Å². The van der Waals surface area contributed by atoms with Crippen molar-refractivity contribution in [2.24, 2.45) is 4.99 Å². The van der Waals surface area contributed by atoms with Crippen LogP contribution in [0.3, 0.4) is 0 Å². The van der Waals surface area contributed by atoms with Crippen LogP contribution in [0.15, 0.2) is 46.6 Å². The Morgan fingerprint density at radius 1 is 1.03 bits per heavy atom. The lowest BCUT2D eigenvalue weighted by atomic mass is 9.96. The van der Waals surface area contributed by atoms with E-state index in [4.69, 9.17) is 23.9 Å². The van der Waals surface area contributed by atoms with E-state index < -0.39 is 12.0 Å². The number of amidine groups is 1. The molecule has 0 unspecified atom stereocenters. The molecule has 3 rings (SSSR count). The lowest BCUT2D eigenvalue weighted by molar-refractivity contribution is -0.139. The number of hydrogen-bond acceptors (Lipinski definition) is 9. The number of methoxy groups -OCH3 is 3. The Balaban J connectivity index is 1.92. The fourth-order valence-corrected chi connectivity index (χ4v) is 4.76. The first-order chi connectivity index (χ1) is 17.7. The van der Waals surface area contributed by atoms with Gasteiger partial charge in [0.2, 0.25) is 11.7 Å². The predicted molar refractivity (Wildman–Crippen MR) is 146 cm³/mol. The number of benzene rings is 2. The number of carbonyl (C=O) groups excluding carboxylic acids is 2. The van der Waals surface area contributed by atoms with Crippen molar-refractivity contribution in [3.05, 3.63) is 58.3 Å². The predicted octanol–water partition coefficient (Wildman–Crippen LogP) is 4.54. The second-order valence-corrected chi connectivity index (χ2v) is 9.25. The molecule has 1 aliphatic heterocycles. The Morgan fingerprint density at radius 2 is 1.65 bits per heavy atom. The van der Waals surface area contributed by atoms with Crippen molar-refractivity contribution < 1.29 is 28.5 Å². The number of ether oxygens (including phenoxy) is 4. The molecule has 0 saturated heterocycles. The molecule has 2 N–H and O–H groups in total. The highest BCUT2D eigenvalue weighted by Gasteiger charge is 2.32. The Morgan fingerprint density at radius 3 is 2.19 bits per heavy atom. The molecule has 0 bridgehead atoms. The number of aliphatic imine (C=N–C) groups is 1. The Labute approximate surface area is 221 Å². The Kier molecular flexibility index (Phi) is 9.46. The van der Waals surface area contributed by atoms with Crippen molar-refractivity contribution in [2.75, 3.05) is 39.0 Å². The summed E-state index contributed by atoms with van der Waals surface area (Å²) in [6.45, 7) is 7.66. The van der Waals surface area contributed by atoms with E-state index in [1.54, 1.807) is 26.0 Å². The summed E-state index contributed by atoms with van der Waals surface area (Å²) in [5, 5.41) is 6.64. The Hall–Kier alpha value is -3.66. The molecule has 1 amide bonds. The normalized spacial score (nSPS) is 14.9. The molecule has 0 aromatic heterocycles. The fraction of sp³-hybridized carbons (Fsp3) is 0.370. The largest absolute Gasteiger partial charge is 0.493 e. The van der Waals surface area contributed by atoms with Gasteiger partial charge < -0.3 is 29.6 Å². The smallest absolute Gasteiger partial charge is 0.338 e. The number of esters is 1. The van der Waals surface area contributed by atoms with E-state index in [9.17, 15) is 9.59 Å². The zero-order chi connectivity index (χ0) is 27.1. The van der Waals surface area contributed by atoms with Gasteiger partial charge in [0.05, 0.1) is 39.3 Å². The molecule has 198 valence electrons. The molecule has 0 spiro atoms. The quantitative estimate of drug-likeness (QED) is 0.458. The molecule has 2 aromatic rings. The van der Waals surface area contributed by atoms with Gasteiger partial charge in [0, 0.05) is 11.4 Å². The van der Waals surface area contributed by atoms with E-state index in [-0.39, 0.29) is 18.3 Å². The van der Waals surface area contributed by atoms with E-state index >= 15 is 0 Å². The van der Waals surface area contributed by atoms with Gasteiger partial charge in [-0.1, -0.05) is 30.0 Å². The number of thioether (sulfide) groups is 1. The number of rotatable bonds is 9. The molecule has 1 heterocycles. The highest BCUT2D eigenvalue weighted by Crippen LogP contribution is 2.43. The maximum absolute atomic E-state index is 12.9. The molecular weight excluding hydrogens is 494 g/mol. The minimum atomic E-state index is -0.710. The second-order valence-electron chi connectivity index (χ2n) is 8.28. The lowest BCUT2D eigenvalue weighted by Crippen LogP contribution is -2.31. The molecule has 9 nitrogen and oxygen atoms in total. The first-order valence-corrected chi connectivity index (χ1v) is 12.7. The van der Waals surface area contributed by atoms with E-state index in [1.807, 2.05) is 32.0 Å². The third-order valence-corrected chi connectivity index (χ3v) is 6.69. The third-order valence-electron chi connectivity index (χ3n) is 5.80. The van der Waals surface area contributed by atoms with Gasteiger partial charge in [-0.3, -0.25) is 4.79 Å². The molecule has 0 aliphatic carbocycles. The number of nitrogens with one attached hydrogen (secondary N) is 2. The number of anilines is 1. The van der Waals surface area contributed by atoms with Crippen LogP contribution in [-0.4, -0.2) is 50.7 Å². The molecular formula is C27H33N3O6S. The molecule has 2 aromatic carbocycles. The zero-order valence-corrected chi connectivity index (χ0v) is 23.0. The van der Waals surface area contributed by atoms with Gasteiger partial charge in [-0.2, -0.15) is 0 Å². The summed E-state index contributed by atoms with van der Waals surface area (Å²) >= 11 is 1.25. The standard InChI is InChI=1S/C27H33N3O6S/c1-8-36-26(32)22-17(4)28-27(37-14-21(31)29-23-15(2)10-9-11-16(23)3)30-24(22)18-12-19(33-5)25(35-7)20(13-18)34-6/h9-13,24H,8,14H2,1-7H3,(H,28,30)(H,29,31)/t24-/m0/s1. The number of hydrogen-bond donors (Lipinski definition) is 2. The van der Waals surface area contributed by atoms with Crippen molar-refractivity contribution in [3.63, 3.8) is 0 Å². The topological polar surface area (TPSA) is 107 Å². The average molecular weight is 528 g/mol. The zero-order valence-electron chi connectivity index (χ0n) is 22.2. The number of allylic oxidation sites excluding steroid dienone is 1. The van der Waals surface area contributed by atoms with Gasteiger partial charge in [-0.05, 0) is 56.5 Å². The van der Waals surface area contributed by atoms with Crippen LogP contribution in [0.2, 0.25) is 0 Å². The van der Waals surface area contributed by atoms with Crippen molar-refractivity contribution in [2.45, 2.75) is 33.7 Å². The monoisotopic (exact) mass is 527 g/mol. The lowest BCUT2D eigenvalue weighted by Gasteiger charge is -2.26. The Bertz CT molecular complexity index is 1200. The van der Waals surface area contributed by atoms with E-state index in [0.29, 0.717) is 39.2 Å². The van der Waals surface area contributed by atoms with Crippen molar-refractivity contribution in [3.8, 4) is 17.2 Å². The molecule has 1 atom stereocenters. The van der Waals surface area contributed by atoms with Crippen LogP contribution in [0, 0.1) is 13.8 Å². The number of nitrogens with zero attached hydrogens (tertiary/aromatic N) is 1. The fourth-order valence-electron chi connectivity index (χ4n) is 4.02. The van der Waals surface area contributed by atoms with E-state index in [0.717, 1.165) is 16.8 Å². The summed E-state index contributed by atoms with van der Waals surface area (Å²) in [5.41, 5.74) is 4.39. The van der Waals surface area contributed by atoms with Crippen LogP contribution in [-0.2, 0) is 14.3 Å². The van der Waals surface area contributed by atoms with Crippen LogP contribution in [0.4, 0.5) is 5.69 Å². The third kappa shape index (κ3) is 6.37. The molecule has 0 fully saturated rings. The van der Waals surface area contributed by atoms with Crippen molar-refractivity contribution >= 4 is 34.5 Å². The van der Waals surface area contributed by atoms with E-state index in [2.05, 4.69) is 10.6 Å². The van der Waals surface area contributed by atoms with Crippen LogP contribution in [0.5, 0.6) is 17.2 Å². The van der Waals surface area contributed by atoms with E-state index in [1.165, 1.54) is 33.1 Å². The average Bonchev–Trinajstić information content (AvgIpc) is 2.88. The molecule has 37 heavy (non-hydrogen) atoms. The van der Waals surface area contributed by atoms with Crippen LogP contribution >= 0.6 is 11.8 Å². The number of carbonyl (C=O) groups is 2. The minimum Gasteiger partial charge on any atom is -0.493 e. The van der Waals surface area contributed by atoms with Gasteiger partial charge in [0.15, 0.2) is 16.7 Å². The first-order valence-electron chi connectivity index (χ1n) is 11.7. The van der Waals surface area contributed by atoms with Crippen LogP contribution in [0.1, 0.15) is 36.6 Å². The summed E-state index contributed by atoms with van der Waals surface area (Å²) in [4.78, 5) is 30.4. The highest BCUT2D eigenvalue weighted by molar-refractivity contribution is 8.14. The van der Waals surface area contributed by atoms with Crippen LogP contribution < -0.4 is 24.8 Å². The summed E-state index contributed by atoms with van der Waals surface area (Å²) in [5.74, 6) is 0.801. The first kappa shape index (κ1) is 27.9. The maximum atomic E-state index is 12.9. The van der Waals surface area contributed by atoms with Gasteiger partial charge >= 0.3 is 5.97 Å². The number of aryl methyl sites for hydroxylation is 2. The van der Waals surface area contributed by atoms with Crippen molar-refractivity contribution in [1.29, 1.82) is 0 Å². The number of para-hydroxylation sites is 1. The SMILES string of the molecule is CCOC(=O)C1=C(C)NC(SCC(=O)Nc2c(C)cccc2C)=N[C@H]1c1cc(OC)c(OC)c(OC)c1. The number of amides is 1. The van der Waals surface area contributed by atoms with Gasteiger partial charge in [-0.15, -0.1) is 0 Å². The van der Waals surface area contributed by atoms with Crippen LogP contribution in [0.25, 0.3) is 0 Å². The van der Waals surface area contributed by atoms with Gasteiger partial charge in [0.25, 0.3) is 0 Å². The maximum Gasteiger partial charge on any atom is 0.338 e. The molecule has 1 aliphatic rings. The second kappa shape index (κ2) is 12.5. The summed E-state index contributed by atoms with van der Waals surface area (Å²) in [6, 6.07) is 8.66. The summed E-state index contributed by atoms with van der Waals surface area (Å²) < 4.78 is 21.8. The minimum absolute atomic E-state index is 0.129. The summed E-state index contributed by atoms with van der Waals surface area (Å²) in [6.07, 6.45) is 0. The molecule has 10 heteroatoms. The summed E-state index contributed by atoms with van der Waals surface area (Å²) in [7, 11) is 4.57. The van der Waals surface area contributed by atoms with Gasteiger partial charge in [-0.25, -0.2) is 9.79 Å².